The van der Waals surface area contributed by atoms with Gasteiger partial charge in [-0.1, -0.05) is 0 Å². The number of nitrogens with zero attached hydrogens (tertiary/aromatic N) is 5. The molecule has 26 heavy (non-hydrogen) atoms. The zero-order valence-corrected chi connectivity index (χ0v) is 20.0. The Balaban J connectivity index is 0.00000338. The molecular formula is C16H28IN7S2. The van der Waals surface area contributed by atoms with Gasteiger partial charge in [-0.05, 0) is 39.2 Å². The molecule has 2 heterocycles. The van der Waals surface area contributed by atoms with Crippen LogP contribution in [-0.2, 0) is 20.1 Å². The number of hydrogen-bond acceptors (Lipinski definition) is 6. The summed E-state index contributed by atoms with van der Waals surface area (Å²) in [6.45, 7) is 8.13. The van der Waals surface area contributed by atoms with E-state index in [0.29, 0.717) is 13.1 Å². The van der Waals surface area contributed by atoms with Crippen molar-refractivity contribution in [2.75, 3.05) is 18.6 Å². The highest BCUT2D eigenvalue weighted by molar-refractivity contribution is 14.0. The molecule has 0 unspecified atom stereocenters. The predicted octanol–water partition coefficient (Wildman–Crippen LogP) is 2.80. The summed E-state index contributed by atoms with van der Waals surface area (Å²) in [6, 6.07) is 0. The third-order valence-corrected chi connectivity index (χ3v) is 5.63. The zero-order valence-electron chi connectivity index (χ0n) is 16.0. The number of nitrogens with one attached hydrogen (secondary N) is 2. The number of guanidine groups is 1. The summed E-state index contributed by atoms with van der Waals surface area (Å²) >= 11 is 3.57. The van der Waals surface area contributed by atoms with E-state index in [4.69, 9.17) is 0 Å². The number of aryl methyl sites for hydroxylation is 3. The van der Waals surface area contributed by atoms with Gasteiger partial charge < -0.3 is 15.2 Å². The molecule has 7 nitrogen and oxygen atoms in total. The molecule has 0 bridgehead atoms. The van der Waals surface area contributed by atoms with E-state index in [9.17, 15) is 0 Å². The number of aliphatic imine (C=N–C) groups is 1. The molecule has 0 aliphatic carbocycles. The summed E-state index contributed by atoms with van der Waals surface area (Å²) in [4.78, 5) is 10.5. The van der Waals surface area contributed by atoms with Crippen molar-refractivity contribution in [3.8, 4) is 0 Å². The van der Waals surface area contributed by atoms with E-state index >= 15 is 0 Å². The third-order valence-electron chi connectivity index (χ3n) is 3.86. The van der Waals surface area contributed by atoms with Crippen LogP contribution < -0.4 is 10.6 Å². The van der Waals surface area contributed by atoms with Crippen LogP contribution in [0.4, 0.5) is 0 Å². The van der Waals surface area contributed by atoms with Gasteiger partial charge >= 0.3 is 0 Å². The Morgan fingerprint density at radius 1 is 1.23 bits per heavy atom. The van der Waals surface area contributed by atoms with Gasteiger partial charge in [-0.25, -0.2) is 9.98 Å². The smallest absolute Gasteiger partial charge is 0.192 e. The molecule has 2 aromatic heterocycles. The van der Waals surface area contributed by atoms with Gasteiger partial charge in [0.05, 0.1) is 12.2 Å². The quantitative estimate of drug-likeness (QED) is 0.247. The van der Waals surface area contributed by atoms with Gasteiger partial charge in [-0.3, -0.25) is 0 Å². The SMILES string of the molecule is CSCCCNC(=NCc1nnc(C)n1C)NCc1nc(C)c(C)s1.I. The van der Waals surface area contributed by atoms with E-state index in [1.165, 1.54) is 4.88 Å². The summed E-state index contributed by atoms with van der Waals surface area (Å²) < 4.78 is 1.96. The number of hydrogen-bond donors (Lipinski definition) is 2. The minimum Gasteiger partial charge on any atom is -0.356 e. The second-order valence-corrected chi connectivity index (χ2v) is 8.04. The van der Waals surface area contributed by atoms with Crippen molar-refractivity contribution >= 4 is 53.0 Å². The first-order valence-corrected chi connectivity index (χ1v) is 10.5. The molecule has 0 aliphatic rings. The standard InChI is InChI=1S/C16H27N7S2.HI/c1-11-12(2)25-15(20-11)10-19-16(17-7-6-8-24-5)18-9-14-22-21-13(3)23(14)4;/h6-10H2,1-5H3,(H2,17,18,19);1H. The highest BCUT2D eigenvalue weighted by Crippen LogP contribution is 2.15. The van der Waals surface area contributed by atoms with E-state index in [0.717, 1.165) is 47.0 Å². The van der Waals surface area contributed by atoms with Gasteiger partial charge in [0.25, 0.3) is 0 Å². The first kappa shape index (κ1) is 23.2. The van der Waals surface area contributed by atoms with Crippen molar-refractivity contribution in [1.29, 1.82) is 0 Å². The van der Waals surface area contributed by atoms with Crippen molar-refractivity contribution in [3.05, 3.63) is 27.2 Å². The lowest BCUT2D eigenvalue weighted by Gasteiger charge is -2.11. The van der Waals surface area contributed by atoms with E-state index < -0.39 is 0 Å². The molecule has 0 atom stereocenters. The molecule has 0 spiro atoms. The molecule has 0 fully saturated rings. The normalized spacial score (nSPS) is 11.3. The average molecular weight is 509 g/mol. The molecule has 2 N–H and O–H groups in total. The third kappa shape index (κ3) is 7.03. The fraction of sp³-hybridized carbons (Fsp3) is 0.625. The fourth-order valence-electron chi connectivity index (χ4n) is 2.11. The fourth-order valence-corrected chi connectivity index (χ4v) is 3.42. The van der Waals surface area contributed by atoms with Gasteiger partial charge in [-0.2, -0.15) is 11.8 Å². The highest BCUT2D eigenvalue weighted by Gasteiger charge is 2.07. The van der Waals surface area contributed by atoms with Crippen molar-refractivity contribution in [1.82, 2.24) is 30.4 Å². The summed E-state index contributed by atoms with van der Waals surface area (Å²) in [5, 5.41) is 16.1. The maximum Gasteiger partial charge on any atom is 0.192 e. The van der Waals surface area contributed by atoms with Gasteiger partial charge in [0.1, 0.15) is 17.4 Å². The highest BCUT2D eigenvalue weighted by atomic mass is 127. The van der Waals surface area contributed by atoms with Gasteiger partial charge in [0, 0.05) is 18.5 Å². The number of halogens is 1. The van der Waals surface area contributed by atoms with Crippen molar-refractivity contribution in [2.45, 2.75) is 40.3 Å². The monoisotopic (exact) mass is 509 g/mol. The van der Waals surface area contributed by atoms with Crippen LogP contribution in [0.15, 0.2) is 4.99 Å². The molecule has 0 saturated heterocycles. The van der Waals surface area contributed by atoms with Crippen LogP contribution in [0.25, 0.3) is 0 Å². The number of aromatic nitrogens is 4. The van der Waals surface area contributed by atoms with Crippen LogP contribution in [0.3, 0.4) is 0 Å². The van der Waals surface area contributed by atoms with E-state index in [1.54, 1.807) is 11.3 Å². The second-order valence-electron chi connectivity index (χ2n) is 5.76. The summed E-state index contributed by atoms with van der Waals surface area (Å²) in [5.41, 5.74) is 1.10. The second kappa shape index (κ2) is 11.8. The lowest BCUT2D eigenvalue weighted by atomic mass is 10.4. The minimum absolute atomic E-state index is 0. The summed E-state index contributed by atoms with van der Waals surface area (Å²) in [7, 11) is 1.96. The minimum atomic E-state index is 0. The van der Waals surface area contributed by atoms with Gasteiger partial charge in [-0.15, -0.1) is 45.5 Å². The van der Waals surface area contributed by atoms with Crippen LogP contribution in [0.5, 0.6) is 0 Å². The van der Waals surface area contributed by atoms with Crippen molar-refractivity contribution < 1.29 is 0 Å². The predicted molar refractivity (Wildman–Crippen MR) is 122 cm³/mol. The lowest BCUT2D eigenvalue weighted by Crippen LogP contribution is -2.37. The summed E-state index contributed by atoms with van der Waals surface area (Å²) in [6.07, 6.45) is 3.22. The molecule has 146 valence electrons. The largest absolute Gasteiger partial charge is 0.356 e. The van der Waals surface area contributed by atoms with E-state index in [2.05, 4.69) is 44.0 Å². The first-order chi connectivity index (χ1) is 12.0. The Morgan fingerprint density at radius 2 is 2.00 bits per heavy atom. The summed E-state index contributed by atoms with van der Waals surface area (Å²) in [5.74, 6) is 3.66. The number of thioether (sulfide) groups is 1. The van der Waals surface area contributed by atoms with Crippen molar-refractivity contribution in [2.24, 2.45) is 12.0 Å². The first-order valence-electron chi connectivity index (χ1n) is 8.30. The molecule has 0 amide bonds. The Hall–Kier alpha value is -0.880. The van der Waals surface area contributed by atoms with E-state index in [-0.39, 0.29) is 24.0 Å². The van der Waals surface area contributed by atoms with Crippen LogP contribution in [0.2, 0.25) is 0 Å². The van der Waals surface area contributed by atoms with E-state index in [1.807, 2.05) is 37.2 Å². The number of thiazole rings is 1. The van der Waals surface area contributed by atoms with Crippen LogP contribution in [0, 0.1) is 20.8 Å². The Morgan fingerprint density at radius 3 is 2.58 bits per heavy atom. The van der Waals surface area contributed by atoms with Crippen LogP contribution >= 0.6 is 47.1 Å². The van der Waals surface area contributed by atoms with Gasteiger partial charge in [0.15, 0.2) is 11.8 Å². The molecule has 0 saturated carbocycles. The Kier molecular flexibility index (Phi) is 10.5. The Labute approximate surface area is 180 Å². The molecule has 0 aromatic carbocycles. The molecule has 2 rings (SSSR count). The van der Waals surface area contributed by atoms with Crippen LogP contribution in [0.1, 0.15) is 33.6 Å². The molecule has 2 aromatic rings. The van der Waals surface area contributed by atoms with Crippen molar-refractivity contribution in [3.63, 3.8) is 0 Å². The molecule has 0 aliphatic heterocycles. The van der Waals surface area contributed by atoms with Crippen LogP contribution in [-0.4, -0.2) is 44.3 Å². The molecule has 0 radical (unpaired) electrons. The average Bonchev–Trinajstić information content (AvgIpc) is 3.08. The topological polar surface area (TPSA) is 80.0 Å². The zero-order chi connectivity index (χ0) is 18.2. The Bertz CT molecular complexity index is 692. The van der Waals surface area contributed by atoms with Gasteiger partial charge in [0.2, 0.25) is 0 Å². The molecule has 10 heteroatoms. The maximum atomic E-state index is 4.65. The molecular weight excluding hydrogens is 481 g/mol. The lowest BCUT2D eigenvalue weighted by molar-refractivity contribution is 0.744. The number of rotatable bonds is 8. The maximum absolute atomic E-state index is 4.65.